The van der Waals surface area contributed by atoms with Crippen molar-refractivity contribution in [2.24, 2.45) is 0 Å². The van der Waals surface area contributed by atoms with Crippen molar-refractivity contribution in [3.05, 3.63) is 5.82 Å². The van der Waals surface area contributed by atoms with Gasteiger partial charge in [-0.05, 0) is 6.42 Å². The van der Waals surface area contributed by atoms with Crippen LogP contribution in [-0.2, 0) is 0 Å². The van der Waals surface area contributed by atoms with Crippen LogP contribution in [0.2, 0.25) is 0 Å². The van der Waals surface area contributed by atoms with Gasteiger partial charge in [0.1, 0.15) is 5.82 Å². The summed E-state index contributed by atoms with van der Waals surface area (Å²) in [4.78, 5) is 4.42. The third-order valence-electron chi connectivity index (χ3n) is 2.52. The minimum absolute atomic E-state index is 0.281. The molecule has 1 rings (SSSR count). The number of nitrogens with one attached hydrogen (secondary N) is 1. The second-order valence-electron chi connectivity index (χ2n) is 4.14. The van der Waals surface area contributed by atoms with Gasteiger partial charge in [-0.15, -0.1) is 23.2 Å². The summed E-state index contributed by atoms with van der Waals surface area (Å²) in [6.45, 7) is 6.20. The molecule has 3 nitrogen and oxygen atoms in total. The molecule has 0 saturated carbocycles. The van der Waals surface area contributed by atoms with Gasteiger partial charge < -0.3 is 5.32 Å². The molecule has 0 spiro atoms. The lowest BCUT2D eigenvalue weighted by molar-refractivity contribution is 0.559. The lowest BCUT2D eigenvalue weighted by atomic mass is 10.0. The van der Waals surface area contributed by atoms with Crippen molar-refractivity contribution in [2.75, 3.05) is 17.1 Å². The molecule has 1 heterocycles. The summed E-state index contributed by atoms with van der Waals surface area (Å²) in [7, 11) is 0. The first kappa shape index (κ1) is 14.0. The first-order valence-corrected chi connectivity index (χ1v) is 7.15. The van der Waals surface area contributed by atoms with E-state index in [9.17, 15) is 0 Å². The van der Waals surface area contributed by atoms with E-state index in [-0.39, 0.29) is 5.54 Å². The van der Waals surface area contributed by atoms with Crippen molar-refractivity contribution >= 4 is 39.9 Å². The number of aromatic nitrogens is 2. The van der Waals surface area contributed by atoms with E-state index in [1.54, 1.807) is 0 Å². The molecule has 0 atom stereocenters. The lowest BCUT2D eigenvalue weighted by Crippen LogP contribution is -2.41. The molecule has 0 fully saturated rings. The van der Waals surface area contributed by atoms with Gasteiger partial charge in [0.15, 0.2) is 0 Å². The van der Waals surface area contributed by atoms with E-state index < -0.39 is 0 Å². The van der Waals surface area contributed by atoms with Crippen LogP contribution in [0.15, 0.2) is 0 Å². The molecule has 1 aromatic heterocycles. The van der Waals surface area contributed by atoms with Crippen LogP contribution in [-0.4, -0.2) is 26.7 Å². The zero-order valence-electron chi connectivity index (χ0n) is 9.76. The summed E-state index contributed by atoms with van der Waals surface area (Å²) in [6, 6.07) is 0. The average Bonchev–Trinajstić information content (AvgIpc) is 2.74. The van der Waals surface area contributed by atoms with Crippen LogP contribution >= 0.6 is 34.7 Å². The number of hydrogen-bond acceptors (Lipinski definition) is 4. The van der Waals surface area contributed by atoms with Crippen LogP contribution < -0.4 is 5.32 Å². The van der Waals surface area contributed by atoms with Gasteiger partial charge in [-0.3, -0.25) is 0 Å². The molecule has 0 aliphatic rings. The van der Waals surface area contributed by atoms with Crippen molar-refractivity contribution in [2.45, 2.75) is 38.6 Å². The SMILES string of the molecule is CCC(CCl)(CCl)Nc1nc(C(C)C)ns1. The Kier molecular flexibility index (Phi) is 5.28. The number of nitrogens with zero attached hydrogens (tertiary/aromatic N) is 2. The highest BCUT2D eigenvalue weighted by atomic mass is 35.5. The molecule has 0 saturated heterocycles. The van der Waals surface area contributed by atoms with E-state index in [0.29, 0.717) is 17.7 Å². The van der Waals surface area contributed by atoms with Crippen LogP contribution in [0.1, 0.15) is 38.9 Å². The fraction of sp³-hybridized carbons (Fsp3) is 0.800. The number of halogens is 2. The van der Waals surface area contributed by atoms with Gasteiger partial charge in [-0.1, -0.05) is 20.8 Å². The highest BCUT2D eigenvalue weighted by Crippen LogP contribution is 2.24. The Morgan fingerprint density at radius 1 is 1.38 bits per heavy atom. The average molecular weight is 282 g/mol. The smallest absolute Gasteiger partial charge is 0.203 e. The molecule has 6 heteroatoms. The summed E-state index contributed by atoms with van der Waals surface area (Å²) < 4.78 is 4.28. The van der Waals surface area contributed by atoms with Gasteiger partial charge in [-0.25, -0.2) is 4.98 Å². The Labute approximate surface area is 111 Å². The van der Waals surface area contributed by atoms with Crippen LogP contribution in [0, 0.1) is 0 Å². The van der Waals surface area contributed by atoms with Gasteiger partial charge in [0, 0.05) is 29.2 Å². The second-order valence-corrected chi connectivity index (χ2v) is 5.42. The Hall–Kier alpha value is -0.0600. The normalized spacial score (nSPS) is 12.1. The quantitative estimate of drug-likeness (QED) is 0.808. The summed E-state index contributed by atoms with van der Waals surface area (Å²) >= 11 is 13.3. The number of anilines is 1. The molecule has 0 bridgehead atoms. The fourth-order valence-electron chi connectivity index (χ4n) is 1.13. The zero-order chi connectivity index (χ0) is 12.2. The van der Waals surface area contributed by atoms with Crippen molar-refractivity contribution in [1.82, 2.24) is 9.36 Å². The third-order valence-corrected chi connectivity index (χ3v) is 4.19. The molecule has 1 aromatic rings. The number of rotatable bonds is 6. The molecule has 0 aromatic carbocycles. The van der Waals surface area contributed by atoms with E-state index in [1.807, 2.05) is 0 Å². The molecule has 1 N–H and O–H groups in total. The number of hydrogen-bond donors (Lipinski definition) is 1. The summed E-state index contributed by atoms with van der Waals surface area (Å²) in [5, 5.41) is 4.10. The van der Waals surface area contributed by atoms with Gasteiger partial charge in [0.05, 0.1) is 5.54 Å². The second kappa shape index (κ2) is 6.03. The molecule has 0 aliphatic heterocycles. The van der Waals surface area contributed by atoms with Gasteiger partial charge in [0.25, 0.3) is 0 Å². The lowest BCUT2D eigenvalue weighted by Gasteiger charge is -2.28. The van der Waals surface area contributed by atoms with E-state index in [1.165, 1.54) is 11.5 Å². The minimum Gasteiger partial charge on any atom is -0.352 e. The largest absolute Gasteiger partial charge is 0.352 e. The molecular formula is C10H17Cl2N3S. The predicted molar refractivity (Wildman–Crippen MR) is 72.1 cm³/mol. The summed E-state index contributed by atoms with van der Waals surface area (Å²) in [5.41, 5.74) is -0.281. The molecule has 0 aliphatic carbocycles. The van der Waals surface area contributed by atoms with Crippen molar-refractivity contribution in [3.8, 4) is 0 Å². The highest BCUT2D eigenvalue weighted by molar-refractivity contribution is 7.09. The van der Waals surface area contributed by atoms with Crippen molar-refractivity contribution in [1.29, 1.82) is 0 Å². The Bertz CT molecular complexity index is 315. The van der Waals surface area contributed by atoms with E-state index in [4.69, 9.17) is 23.2 Å². The van der Waals surface area contributed by atoms with Gasteiger partial charge in [0.2, 0.25) is 5.13 Å². The number of alkyl halides is 2. The van der Waals surface area contributed by atoms with E-state index in [2.05, 4.69) is 35.4 Å². The van der Waals surface area contributed by atoms with Crippen LogP contribution in [0.4, 0.5) is 5.13 Å². The molecule has 0 unspecified atom stereocenters. The van der Waals surface area contributed by atoms with Crippen LogP contribution in [0.5, 0.6) is 0 Å². The Balaban J connectivity index is 2.77. The standard InChI is InChI=1S/C10H17Cl2N3S/c1-4-10(5-11,6-12)14-9-13-8(7(2)3)15-16-9/h7H,4-6H2,1-3H3,(H,13,14,15). The molecule has 0 radical (unpaired) electrons. The van der Waals surface area contributed by atoms with Crippen LogP contribution in [0.25, 0.3) is 0 Å². The first-order chi connectivity index (χ1) is 7.56. The topological polar surface area (TPSA) is 37.8 Å². The molecule has 92 valence electrons. The van der Waals surface area contributed by atoms with Crippen LogP contribution in [0.3, 0.4) is 0 Å². The fourth-order valence-corrected chi connectivity index (χ4v) is 2.75. The summed E-state index contributed by atoms with van der Waals surface area (Å²) in [5.74, 6) is 2.13. The third kappa shape index (κ3) is 3.22. The Morgan fingerprint density at radius 3 is 2.38 bits per heavy atom. The van der Waals surface area contributed by atoms with E-state index in [0.717, 1.165) is 17.4 Å². The van der Waals surface area contributed by atoms with Gasteiger partial charge >= 0.3 is 0 Å². The highest BCUT2D eigenvalue weighted by Gasteiger charge is 2.27. The zero-order valence-corrected chi connectivity index (χ0v) is 12.1. The maximum Gasteiger partial charge on any atom is 0.203 e. The van der Waals surface area contributed by atoms with Crippen molar-refractivity contribution in [3.63, 3.8) is 0 Å². The molecule has 0 amide bonds. The maximum atomic E-state index is 5.95. The predicted octanol–water partition coefficient (Wildman–Crippen LogP) is 3.70. The molecule has 16 heavy (non-hydrogen) atoms. The minimum atomic E-state index is -0.281. The first-order valence-electron chi connectivity index (χ1n) is 5.30. The maximum absolute atomic E-state index is 5.95. The Morgan fingerprint density at radius 2 is 2.00 bits per heavy atom. The van der Waals surface area contributed by atoms with E-state index >= 15 is 0 Å². The van der Waals surface area contributed by atoms with Gasteiger partial charge in [-0.2, -0.15) is 4.37 Å². The monoisotopic (exact) mass is 281 g/mol. The summed E-state index contributed by atoms with van der Waals surface area (Å²) in [6.07, 6.45) is 0.858. The van der Waals surface area contributed by atoms with Crippen molar-refractivity contribution < 1.29 is 0 Å². The molecular weight excluding hydrogens is 265 g/mol.